The molecule has 7 nitrogen and oxygen atoms in total. The highest BCUT2D eigenvalue weighted by Gasteiger charge is 2.27. The van der Waals surface area contributed by atoms with Crippen molar-refractivity contribution in [1.82, 2.24) is 14.5 Å². The summed E-state index contributed by atoms with van der Waals surface area (Å²) in [5.74, 6) is 1.51. The zero-order chi connectivity index (χ0) is 22.1. The number of anilines is 1. The fourth-order valence-electron chi connectivity index (χ4n) is 4.43. The summed E-state index contributed by atoms with van der Waals surface area (Å²) < 4.78 is 12.5. The van der Waals surface area contributed by atoms with Gasteiger partial charge < -0.3 is 14.4 Å². The van der Waals surface area contributed by atoms with Gasteiger partial charge in [0, 0.05) is 24.5 Å². The third-order valence-electron chi connectivity index (χ3n) is 6.14. The molecule has 7 heteroatoms. The molecule has 0 saturated carbocycles. The Balaban J connectivity index is 1.48. The second-order valence-corrected chi connectivity index (χ2v) is 8.00. The second kappa shape index (κ2) is 8.49. The van der Waals surface area contributed by atoms with Crippen molar-refractivity contribution in [2.75, 3.05) is 31.7 Å². The van der Waals surface area contributed by atoms with Gasteiger partial charge in [0.15, 0.2) is 0 Å². The average Bonchev–Trinajstić information content (AvgIpc) is 3.27. The van der Waals surface area contributed by atoms with E-state index in [4.69, 9.17) is 14.5 Å². The summed E-state index contributed by atoms with van der Waals surface area (Å²) in [5.41, 5.74) is 3.89. The third kappa shape index (κ3) is 3.64. The van der Waals surface area contributed by atoms with Gasteiger partial charge in [-0.2, -0.15) is 0 Å². The molecule has 4 aromatic rings. The van der Waals surface area contributed by atoms with Crippen molar-refractivity contribution in [3.05, 3.63) is 54.9 Å². The molecule has 1 fully saturated rings. The van der Waals surface area contributed by atoms with E-state index in [1.165, 1.54) is 0 Å². The van der Waals surface area contributed by atoms with E-state index >= 15 is 0 Å². The number of carbonyl (C=O) groups excluding carboxylic acids is 1. The molecular formula is C25H26N4O3. The Kier molecular flexibility index (Phi) is 5.39. The molecule has 1 saturated heterocycles. The van der Waals surface area contributed by atoms with E-state index in [-0.39, 0.29) is 11.9 Å². The van der Waals surface area contributed by atoms with Gasteiger partial charge >= 0.3 is 5.97 Å². The predicted molar refractivity (Wildman–Crippen MR) is 124 cm³/mol. The van der Waals surface area contributed by atoms with Crippen molar-refractivity contribution in [2.24, 2.45) is 5.92 Å². The van der Waals surface area contributed by atoms with Crippen molar-refractivity contribution in [3.63, 3.8) is 0 Å². The number of ether oxygens (including phenoxy) is 2. The standard InChI is InChI=1S/C25H26N4O3/c1-3-32-25(30)18-11-13-28(14-12-18)22-6-4-5-17-7-10-23(27-24(17)22)29-16-26-20-15-19(31-2)8-9-21(20)29/h4-10,15-16,18H,3,11-14H2,1-2H3. The topological polar surface area (TPSA) is 69.5 Å². The lowest BCUT2D eigenvalue weighted by Gasteiger charge is -2.33. The normalized spacial score (nSPS) is 14.8. The van der Waals surface area contributed by atoms with Crippen molar-refractivity contribution in [2.45, 2.75) is 19.8 Å². The number of rotatable bonds is 5. The van der Waals surface area contributed by atoms with E-state index in [0.29, 0.717) is 6.61 Å². The van der Waals surface area contributed by atoms with Crippen LogP contribution in [0.25, 0.3) is 27.8 Å². The summed E-state index contributed by atoms with van der Waals surface area (Å²) in [5, 5.41) is 1.09. The summed E-state index contributed by atoms with van der Waals surface area (Å²) in [7, 11) is 1.65. The summed E-state index contributed by atoms with van der Waals surface area (Å²) in [4.78, 5) is 24.0. The molecule has 0 bridgehead atoms. The van der Waals surface area contributed by atoms with Crippen LogP contribution in [0.3, 0.4) is 0 Å². The van der Waals surface area contributed by atoms with Crippen LogP contribution >= 0.6 is 0 Å². The quantitative estimate of drug-likeness (QED) is 0.438. The van der Waals surface area contributed by atoms with Crippen LogP contribution in [-0.2, 0) is 9.53 Å². The summed E-state index contributed by atoms with van der Waals surface area (Å²) >= 11 is 0. The smallest absolute Gasteiger partial charge is 0.309 e. The number of hydrogen-bond donors (Lipinski definition) is 0. The molecule has 0 atom stereocenters. The lowest BCUT2D eigenvalue weighted by atomic mass is 9.96. The van der Waals surface area contributed by atoms with Gasteiger partial charge in [-0.3, -0.25) is 9.36 Å². The number of esters is 1. The number of carbonyl (C=O) groups is 1. The molecular weight excluding hydrogens is 404 g/mol. The molecule has 0 unspecified atom stereocenters. The fourth-order valence-corrected chi connectivity index (χ4v) is 4.43. The minimum Gasteiger partial charge on any atom is -0.497 e. The minimum absolute atomic E-state index is 0.0148. The Morgan fingerprint density at radius 2 is 1.97 bits per heavy atom. The summed E-state index contributed by atoms with van der Waals surface area (Å²) in [6, 6.07) is 16.2. The Hall–Kier alpha value is -3.61. The van der Waals surface area contributed by atoms with Crippen molar-refractivity contribution in [1.29, 1.82) is 0 Å². The SMILES string of the molecule is CCOC(=O)C1CCN(c2cccc3ccc(-n4cnc5cc(OC)ccc54)nc23)CC1. The molecule has 0 radical (unpaired) electrons. The Bertz CT molecular complexity index is 1270. The molecule has 0 amide bonds. The van der Waals surface area contributed by atoms with Crippen molar-refractivity contribution in [3.8, 4) is 11.6 Å². The summed E-state index contributed by atoms with van der Waals surface area (Å²) in [6.45, 7) is 3.90. The number of piperidine rings is 1. The highest BCUT2D eigenvalue weighted by molar-refractivity contribution is 5.92. The van der Waals surface area contributed by atoms with Gasteiger partial charge in [0.05, 0.1) is 41.9 Å². The van der Waals surface area contributed by atoms with Crippen LogP contribution in [0.2, 0.25) is 0 Å². The number of fused-ring (bicyclic) bond motifs is 2. The molecule has 2 aromatic heterocycles. The molecule has 2 aromatic carbocycles. The lowest BCUT2D eigenvalue weighted by molar-refractivity contribution is -0.148. The number of para-hydroxylation sites is 1. The Labute approximate surface area is 186 Å². The molecule has 0 aliphatic carbocycles. The van der Waals surface area contributed by atoms with Crippen LogP contribution < -0.4 is 9.64 Å². The molecule has 0 N–H and O–H groups in total. The first-order chi connectivity index (χ1) is 15.7. The number of methoxy groups -OCH3 is 1. The van der Waals surface area contributed by atoms with Gasteiger partial charge in [0.25, 0.3) is 0 Å². The highest BCUT2D eigenvalue weighted by atomic mass is 16.5. The maximum Gasteiger partial charge on any atom is 0.309 e. The first-order valence-electron chi connectivity index (χ1n) is 11.0. The van der Waals surface area contributed by atoms with Crippen LogP contribution in [0.5, 0.6) is 5.75 Å². The van der Waals surface area contributed by atoms with Gasteiger partial charge in [0.1, 0.15) is 17.9 Å². The van der Waals surface area contributed by atoms with Crippen molar-refractivity contribution < 1.29 is 14.3 Å². The van der Waals surface area contributed by atoms with Gasteiger partial charge in [0.2, 0.25) is 0 Å². The van der Waals surface area contributed by atoms with Gasteiger partial charge in [-0.25, -0.2) is 9.97 Å². The minimum atomic E-state index is -0.0749. The molecule has 32 heavy (non-hydrogen) atoms. The number of imidazole rings is 1. The van der Waals surface area contributed by atoms with Crippen LogP contribution in [0.1, 0.15) is 19.8 Å². The number of hydrogen-bond acceptors (Lipinski definition) is 6. The van der Waals surface area contributed by atoms with Crippen LogP contribution in [0, 0.1) is 5.92 Å². The number of pyridine rings is 1. The second-order valence-electron chi connectivity index (χ2n) is 8.00. The van der Waals surface area contributed by atoms with E-state index < -0.39 is 0 Å². The highest BCUT2D eigenvalue weighted by Crippen LogP contribution is 2.31. The van der Waals surface area contributed by atoms with Crippen molar-refractivity contribution >= 4 is 33.6 Å². The van der Waals surface area contributed by atoms with Crippen LogP contribution in [0.4, 0.5) is 5.69 Å². The first kappa shape index (κ1) is 20.3. The zero-order valence-electron chi connectivity index (χ0n) is 18.3. The monoisotopic (exact) mass is 430 g/mol. The Morgan fingerprint density at radius 1 is 1.12 bits per heavy atom. The van der Waals surface area contributed by atoms with E-state index in [1.807, 2.05) is 35.8 Å². The summed E-state index contributed by atoms with van der Waals surface area (Å²) in [6.07, 6.45) is 3.39. The molecule has 3 heterocycles. The van der Waals surface area contributed by atoms with E-state index in [9.17, 15) is 4.79 Å². The lowest BCUT2D eigenvalue weighted by Crippen LogP contribution is -2.37. The molecule has 0 spiro atoms. The van der Waals surface area contributed by atoms with Crippen LogP contribution in [-0.4, -0.2) is 47.3 Å². The molecule has 164 valence electrons. The predicted octanol–water partition coefficient (Wildman–Crippen LogP) is 4.36. The molecule has 1 aliphatic heterocycles. The van der Waals surface area contributed by atoms with E-state index in [1.54, 1.807) is 13.4 Å². The van der Waals surface area contributed by atoms with Gasteiger partial charge in [-0.1, -0.05) is 12.1 Å². The first-order valence-corrected chi connectivity index (χ1v) is 11.0. The average molecular weight is 431 g/mol. The fraction of sp³-hybridized carbons (Fsp3) is 0.320. The molecule has 5 rings (SSSR count). The molecule has 1 aliphatic rings. The number of benzene rings is 2. The third-order valence-corrected chi connectivity index (χ3v) is 6.14. The number of aromatic nitrogens is 3. The maximum absolute atomic E-state index is 12.1. The van der Waals surface area contributed by atoms with E-state index in [0.717, 1.165) is 65.1 Å². The number of nitrogens with zero attached hydrogens (tertiary/aromatic N) is 4. The largest absolute Gasteiger partial charge is 0.497 e. The zero-order valence-corrected chi connectivity index (χ0v) is 18.3. The van der Waals surface area contributed by atoms with Gasteiger partial charge in [-0.15, -0.1) is 0 Å². The van der Waals surface area contributed by atoms with Crippen LogP contribution in [0.15, 0.2) is 54.9 Å². The maximum atomic E-state index is 12.1. The Morgan fingerprint density at radius 3 is 2.75 bits per heavy atom. The van der Waals surface area contributed by atoms with Gasteiger partial charge in [-0.05, 0) is 50.1 Å². The van der Waals surface area contributed by atoms with E-state index in [2.05, 4.69) is 34.1 Å².